The first-order chi connectivity index (χ1) is 19.1. The summed E-state index contributed by atoms with van der Waals surface area (Å²) in [5, 5.41) is 11.4. The average molecular weight is 636 g/mol. The molecule has 5 rings (SSSR count). The molecule has 0 heterocycles. The molecule has 0 bridgehead atoms. The van der Waals surface area contributed by atoms with Crippen LogP contribution in [-0.2, 0) is 23.9 Å². The Morgan fingerprint density at radius 3 is 2.17 bits per heavy atom. The van der Waals surface area contributed by atoms with Gasteiger partial charge < -0.3 is 14.6 Å². The topological polar surface area (TPSA) is 89.9 Å². The highest BCUT2D eigenvalue weighted by atomic mass is 79.9. The van der Waals surface area contributed by atoms with Gasteiger partial charge in [-0.1, -0.05) is 55.8 Å². The van der Waals surface area contributed by atoms with Crippen molar-refractivity contribution in [1.29, 1.82) is 0 Å². The van der Waals surface area contributed by atoms with Crippen molar-refractivity contribution in [3.05, 3.63) is 12.2 Å². The molecule has 11 atom stereocenters. The molecule has 0 aromatic heterocycles. The molecule has 5 aliphatic rings. The number of allylic oxidation sites excluding steroid dienone is 1. The maximum atomic E-state index is 13.0. The molecule has 0 aliphatic heterocycles. The van der Waals surface area contributed by atoms with Crippen LogP contribution in [0.5, 0.6) is 0 Å². The summed E-state index contributed by atoms with van der Waals surface area (Å²) in [6, 6.07) is 0. The molecular weight excluding hydrogens is 584 g/mol. The third-order valence-corrected chi connectivity index (χ3v) is 14.9. The van der Waals surface area contributed by atoms with Crippen LogP contribution in [0.15, 0.2) is 12.2 Å². The molecule has 230 valence electrons. The quantitative estimate of drug-likeness (QED) is 0.184. The van der Waals surface area contributed by atoms with Gasteiger partial charge in [-0.25, -0.2) is 0 Å². The molecule has 11 unspecified atom stereocenters. The number of halogens is 1. The highest BCUT2D eigenvalue weighted by Crippen LogP contribution is 2.77. The van der Waals surface area contributed by atoms with Crippen molar-refractivity contribution in [2.45, 2.75) is 112 Å². The first-order valence-corrected chi connectivity index (χ1v) is 17.0. The molecule has 5 fully saturated rings. The van der Waals surface area contributed by atoms with Gasteiger partial charge in [-0.05, 0) is 110 Å². The van der Waals surface area contributed by atoms with Crippen LogP contribution in [0.3, 0.4) is 0 Å². The molecule has 0 saturated heterocycles. The molecule has 5 saturated carbocycles. The lowest BCUT2D eigenvalue weighted by atomic mass is 9.32. The SMILES string of the molecule is C=C(CBr)C1CCC2(C(=O)O)CCC3(C)C(CCC4C5(C)CCC(OC(C)=O)C(C)(COC(C)=O)C5CCC43C)C12. The van der Waals surface area contributed by atoms with Crippen LogP contribution >= 0.6 is 15.9 Å². The summed E-state index contributed by atoms with van der Waals surface area (Å²) in [6.45, 7) is 17.3. The number of carbonyl (C=O) groups is 3. The molecule has 6 nitrogen and oxygen atoms in total. The minimum absolute atomic E-state index is 0.0163. The van der Waals surface area contributed by atoms with E-state index in [1.54, 1.807) is 0 Å². The zero-order valence-corrected chi connectivity index (χ0v) is 27.6. The first-order valence-electron chi connectivity index (χ1n) is 15.9. The van der Waals surface area contributed by atoms with Crippen LogP contribution in [0, 0.1) is 56.7 Å². The van der Waals surface area contributed by atoms with E-state index in [0.717, 1.165) is 75.1 Å². The Labute approximate surface area is 254 Å². The number of carbonyl (C=O) groups excluding carboxylic acids is 2. The van der Waals surface area contributed by atoms with Crippen molar-refractivity contribution >= 4 is 33.8 Å². The fourth-order valence-corrected chi connectivity index (χ4v) is 12.6. The number of esters is 2. The maximum Gasteiger partial charge on any atom is 0.309 e. The predicted octanol–water partition coefficient (Wildman–Crippen LogP) is 7.58. The first kappa shape index (κ1) is 31.1. The summed E-state index contributed by atoms with van der Waals surface area (Å²) < 4.78 is 11.6. The molecule has 0 radical (unpaired) electrons. The van der Waals surface area contributed by atoms with E-state index < -0.39 is 16.8 Å². The summed E-state index contributed by atoms with van der Waals surface area (Å²) in [7, 11) is 0. The average Bonchev–Trinajstić information content (AvgIpc) is 3.30. The van der Waals surface area contributed by atoms with E-state index in [0.29, 0.717) is 11.8 Å². The Bertz CT molecular complexity index is 1120. The number of rotatable bonds is 6. The van der Waals surface area contributed by atoms with E-state index in [4.69, 9.17) is 9.47 Å². The van der Waals surface area contributed by atoms with Crippen molar-refractivity contribution in [3.63, 3.8) is 0 Å². The molecule has 1 N–H and O–H groups in total. The fraction of sp³-hybridized carbons (Fsp3) is 0.853. The molecular formula is C34H51BrO6. The maximum absolute atomic E-state index is 13.0. The molecule has 5 aliphatic carbocycles. The van der Waals surface area contributed by atoms with E-state index in [9.17, 15) is 19.5 Å². The number of carboxylic acids is 1. The third-order valence-electron chi connectivity index (χ3n) is 14.2. The van der Waals surface area contributed by atoms with E-state index in [2.05, 4.69) is 50.2 Å². The van der Waals surface area contributed by atoms with Crippen molar-refractivity contribution < 1.29 is 29.0 Å². The lowest BCUT2D eigenvalue weighted by molar-refractivity contribution is -0.257. The summed E-state index contributed by atoms with van der Waals surface area (Å²) in [4.78, 5) is 37.1. The lowest BCUT2D eigenvalue weighted by Crippen LogP contribution is -2.68. The van der Waals surface area contributed by atoms with Gasteiger partial charge in [0.25, 0.3) is 0 Å². The van der Waals surface area contributed by atoms with Crippen LogP contribution < -0.4 is 0 Å². The normalized spacial score (nSPS) is 48.6. The molecule has 0 aromatic rings. The van der Waals surface area contributed by atoms with Crippen molar-refractivity contribution in [2.75, 3.05) is 11.9 Å². The highest BCUT2D eigenvalue weighted by Gasteiger charge is 2.72. The number of alkyl halides is 1. The van der Waals surface area contributed by atoms with Gasteiger partial charge in [-0.15, -0.1) is 0 Å². The van der Waals surface area contributed by atoms with Crippen LogP contribution in [0.25, 0.3) is 0 Å². The monoisotopic (exact) mass is 634 g/mol. The Morgan fingerprint density at radius 2 is 1.56 bits per heavy atom. The zero-order valence-electron chi connectivity index (χ0n) is 26.0. The van der Waals surface area contributed by atoms with Gasteiger partial charge in [0.2, 0.25) is 0 Å². The second kappa shape index (κ2) is 10.4. The number of aliphatic carboxylic acids is 1. The van der Waals surface area contributed by atoms with E-state index in [-0.39, 0.29) is 58.6 Å². The van der Waals surface area contributed by atoms with E-state index in [1.807, 2.05) is 0 Å². The standard InChI is InChI=1S/C34H51BrO6/c1-20(18-35)23-10-15-34(29(38)39)17-16-32(6)24(28(23)34)8-9-26-30(4)13-12-27(41-22(3)37)31(5,19-40-21(2)36)25(30)11-14-33(26,32)7/h23-28H,1,8-19H2,2-7H3,(H,38,39). The largest absolute Gasteiger partial charge is 0.481 e. The number of hydrogen-bond donors (Lipinski definition) is 1. The van der Waals surface area contributed by atoms with Crippen LogP contribution in [0.1, 0.15) is 106 Å². The minimum Gasteiger partial charge on any atom is -0.481 e. The Hall–Kier alpha value is -1.37. The number of ether oxygens (including phenoxy) is 2. The van der Waals surface area contributed by atoms with E-state index >= 15 is 0 Å². The third kappa shape index (κ3) is 4.31. The number of hydrogen-bond acceptors (Lipinski definition) is 5. The van der Waals surface area contributed by atoms with Gasteiger partial charge >= 0.3 is 17.9 Å². The molecule has 0 spiro atoms. The van der Waals surface area contributed by atoms with Crippen LogP contribution in [0.2, 0.25) is 0 Å². The molecule has 7 heteroatoms. The Kier molecular flexibility index (Phi) is 7.86. The number of fused-ring (bicyclic) bond motifs is 7. The van der Waals surface area contributed by atoms with Crippen molar-refractivity contribution in [3.8, 4) is 0 Å². The summed E-state index contributed by atoms with van der Waals surface area (Å²) >= 11 is 3.65. The smallest absolute Gasteiger partial charge is 0.309 e. The fourth-order valence-electron chi connectivity index (χ4n) is 12.2. The van der Waals surface area contributed by atoms with Crippen LogP contribution in [0.4, 0.5) is 0 Å². The summed E-state index contributed by atoms with van der Waals surface area (Å²) in [5.74, 6) is 0.329. The zero-order chi connectivity index (χ0) is 30.2. The predicted molar refractivity (Wildman–Crippen MR) is 161 cm³/mol. The highest BCUT2D eigenvalue weighted by molar-refractivity contribution is 9.09. The van der Waals surface area contributed by atoms with Gasteiger partial charge in [0.15, 0.2) is 0 Å². The minimum atomic E-state index is -0.630. The van der Waals surface area contributed by atoms with Crippen LogP contribution in [-0.4, -0.2) is 41.1 Å². The Morgan fingerprint density at radius 1 is 0.854 bits per heavy atom. The van der Waals surface area contributed by atoms with Crippen molar-refractivity contribution in [2.24, 2.45) is 56.7 Å². The second-order valence-electron chi connectivity index (χ2n) is 15.5. The summed E-state index contributed by atoms with van der Waals surface area (Å²) in [6.07, 6.45) is 9.10. The van der Waals surface area contributed by atoms with Gasteiger partial charge in [0.1, 0.15) is 12.7 Å². The number of carboxylic acid groups (broad SMARTS) is 1. The van der Waals surface area contributed by atoms with Gasteiger partial charge in [0, 0.05) is 24.6 Å². The van der Waals surface area contributed by atoms with Gasteiger partial charge in [-0.3, -0.25) is 14.4 Å². The van der Waals surface area contributed by atoms with Gasteiger partial charge in [0.05, 0.1) is 5.41 Å². The molecule has 0 aromatic carbocycles. The van der Waals surface area contributed by atoms with Crippen molar-refractivity contribution in [1.82, 2.24) is 0 Å². The Balaban J connectivity index is 1.53. The molecule has 41 heavy (non-hydrogen) atoms. The lowest BCUT2D eigenvalue weighted by Gasteiger charge is -2.72. The molecule has 0 amide bonds. The second-order valence-corrected chi connectivity index (χ2v) is 16.1. The van der Waals surface area contributed by atoms with E-state index in [1.165, 1.54) is 13.8 Å². The van der Waals surface area contributed by atoms with Gasteiger partial charge in [-0.2, -0.15) is 0 Å². The summed E-state index contributed by atoms with van der Waals surface area (Å²) in [5.41, 5.74) is 0.221.